The second-order valence-electron chi connectivity index (χ2n) is 8.06. The van der Waals surface area contributed by atoms with Crippen molar-refractivity contribution < 1.29 is 19.0 Å². The highest BCUT2D eigenvalue weighted by molar-refractivity contribution is 9.10. The summed E-state index contributed by atoms with van der Waals surface area (Å²) in [5.41, 5.74) is 5.48. The van der Waals surface area contributed by atoms with Gasteiger partial charge in [0.1, 0.15) is 5.75 Å². The normalized spacial score (nSPS) is 11.3. The van der Waals surface area contributed by atoms with Crippen LogP contribution < -0.4 is 19.6 Å². The molecular weight excluding hydrogens is 496 g/mol. The van der Waals surface area contributed by atoms with Crippen molar-refractivity contribution in [3.05, 3.63) is 87.9 Å². The Morgan fingerprint density at radius 1 is 1.03 bits per heavy atom. The molecule has 0 atom stereocenters. The van der Waals surface area contributed by atoms with Crippen LogP contribution in [-0.4, -0.2) is 32.4 Å². The number of hydrogen-bond donors (Lipinski definition) is 1. The molecule has 0 saturated heterocycles. The molecule has 34 heavy (non-hydrogen) atoms. The van der Waals surface area contributed by atoms with E-state index in [0.29, 0.717) is 23.9 Å². The van der Waals surface area contributed by atoms with E-state index in [1.54, 1.807) is 13.2 Å². The van der Waals surface area contributed by atoms with Gasteiger partial charge in [0.2, 0.25) is 0 Å². The molecule has 0 saturated carbocycles. The highest BCUT2D eigenvalue weighted by Gasteiger charge is 2.22. The van der Waals surface area contributed by atoms with E-state index in [0.717, 1.165) is 15.6 Å². The van der Waals surface area contributed by atoms with Crippen LogP contribution >= 0.6 is 15.9 Å². The van der Waals surface area contributed by atoms with Crippen LogP contribution in [0, 0.1) is 0 Å². The summed E-state index contributed by atoms with van der Waals surface area (Å²) in [5.74, 6) is 1.46. The third-order valence-corrected chi connectivity index (χ3v) is 5.97. The lowest BCUT2D eigenvalue weighted by Crippen LogP contribution is -2.24. The largest absolute Gasteiger partial charge is 0.493 e. The van der Waals surface area contributed by atoms with Crippen LogP contribution in [0.15, 0.2) is 76.3 Å². The van der Waals surface area contributed by atoms with E-state index < -0.39 is 0 Å². The minimum absolute atomic E-state index is 0.135. The average molecular weight is 525 g/mol. The molecule has 6 nitrogen and oxygen atoms in total. The first-order chi connectivity index (χ1) is 16.3. The van der Waals surface area contributed by atoms with Gasteiger partial charge in [-0.3, -0.25) is 4.79 Å². The van der Waals surface area contributed by atoms with Crippen molar-refractivity contribution in [2.45, 2.75) is 26.2 Å². The number of nitrogens with zero attached hydrogens (tertiary/aromatic N) is 1. The minimum Gasteiger partial charge on any atom is -0.493 e. The molecule has 1 N–H and O–H groups in total. The number of hydrogen-bond acceptors (Lipinski definition) is 5. The second kappa shape index (κ2) is 11.7. The van der Waals surface area contributed by atoms with Gasteiger partial charge in [0.25, 0.3) is 5.91 Å². The highest BCUT2D eigenvalue weighted by atomic mass is 79.9. The predicted molar refractivity (Wildman–Crippen MR) is 138 cm³/mol. The van der Waals surface area contributed by atoms with E-state index in [1.807, 2.05) is 55.5 Å². The molecule has 0 aliphatic heterocycles. The molecule has 7 heteroatoms. The van der Waals surface area contributed by atoms with Crippen molar-refractivity contribution in [1.82, 2.24) is 5.43 Å². The maximum absolute atomic E-state index is 12.1. The number of benzene rings is 3. The fraction of sp³-hybridized carbons (Fsp3) is 0.259. The van der Waals surface area contributed by atoms with Crippen LogP contribution in [0.25, 0.3) is 0 Å². The highest BCUT2D eigenvalue weighted by Crippen LogP contribution is 2.36. The zero-order valence-corrected chi connectivity index (χ0v) is 21.4. The Bertz CT molecular complexity index is 1130. The van der Waals surface area contributed by atoms with E-state index in [1.165, 1.54) is 11.8 Å². The van der Waals surface area contributed by atoms with Gasteiger partial charge in [0, 0.05) is 5.41 Å². The molecule has 3 rings (SSSR count). The molecule has 0 radical (unpaired) electrons. The smallest absolute Gasteiger partial charge is 0.277 e. The van der Waals surface area contributed by atoms with Crippen molar-refractivity contribution in [1.29, 1.82) is 0 Å². The Kier molecular flexibility index (Phi) is 8.71. The van der Waals surface area contributed by atoms with E-state index >= 15 is 0 Å². The zero-order chi connectivity index (χ0) is 24.6. The maximum Gasteiger partial charge on any atom is 0.277 e. The van der Waals surface area contributed by atoms with Gasteiger partial charge in [-0.1, -0.05) is 56.3 Å². The third kappa shape index (κ3) is 6.38. The molecule has 0 unspecified atom stereocenters. The lowest BCUT2D eigenvalue weighted by Gasteiger charge is -2.26. The van der Waals surface area contributed by atoms with Crippen LogP contribution in [0.4, 0.5) is 0 Å². The molecule has 0 spiro atoms. The summed E-state index contributed by atoms with van der Waals surface area (Å²) in [6, 6.07) is 21.8. The first-order valence-electron chi connectivity index (χ1n) is 11.0. The molecule has 3 aromatic rings. The topological polar surface area (TPSA) is 69.2 Å². The van der Waals surface area contributed by atoms with E-state index in [9.17, 15) is 4.79 Å². The standard InChI is InChI=1S/C27H29BrN2O4/c1-5-33-26-23(28)15-19(16-24(26)32-4)17-29-30-25(31)18-34-22-13-11-21(12-14-22)27(2,3)20-9-7-6-8-10-20/h6-17H,5,18H2,1-4H3,(H,30,31)/b29-17+. The van der Waals surface area contributed by atoms with Gasteiger partial charge < -0.3 is 14.2 Å². The Balaban J connectivity index is 1.54. The number of ether oxygens (including phenoxy) is 3. The fourth-order valence-corrected chi connectivity index (χ4v) is 4.02. The Hall–Kier alpha value is -3.32. The Labute approximate surface area is 209 Å². The Morgan fingerprint density at radius 2 is 1.71 bits per heavy atom. The molecule has 3 aromatic carbocycles. The average Bonchev–Trinajstić information content (AvgIpc) is 2.85. The van der Waals surface area contributed by atoms with Gasteiger partial charge in [-0.15, -0.1) is 0 Å². The molecule has 178 valence electrons. The Morgan fingerprint density at radius 3 is 2.35 bits per heavy atom. The number of halogens is 1. The van der Waals surface area contributed by atoms with Gasteiger partial charge in [0.15, 0.2) is 18.1 Å². The van der Waals surface area contributed by atoms with Crippen molar-refractivity contribution in [3.63, 3.8) is 0 Å². The number of nitrogens with one attached hydrogen (secondary N) is 1. The van der Waals surface area contributed by atoms with Gasteiger partial charge in [-0.25, -0.2) is 5.43 Å². The van der Waals surface area contributed by atoms with Crippen LogP contribution in [0.3, 0.4) is 0 Å². The fourth-order valence-electron chi connectivity index (χ4n) is 3.45. The van der Waals surface area contributed by atoms with Crippen LogP contribution in [-0.2, 0) is 10.2 Å². The van der Waals surface area contributed by atoms with Crippen LogP contribution in [0.1, 0.15) is 37.5 Å². The molecule has 0 fully saturated rings. The van der Waals surface area contributed by atoms with E-state index in [2.05, 4.69) is 52.4 Å². The predicted octanol–water partition coefficient (Wildman–Crippen LogP) is 5.71. The summed E-state index contributed by atoms with van der Waals surface area (Å²) in [4.78, 5) is 12.1. The van der Waals surface area contributed by atoms with Gasteiger partial charge >= 0.3 is 0 Å². The quantitative estimate of drug-likeness (QED) is 0.272. The van der Waals surface area contributed by atoms with Crippen LogP contribution in [0.5, 0.6) is 17.2 Å². The summed E-state index contributed by atoms with van der Waals surface area (Å²) in [6.45, 7) is 6.64. The van der Waals surface area contributed by atoms with Gasteiger partial charge in [-0.2, -0.15) is 5.10 Å². The number of carbonyl (C=O) groups is 1. The summed E-state index contributed by atoms with van der Waals surface area (Å²) in [7, 11) is 1.57. The first kappa shape index (κ1) is 25.3. The van der Waals surface area contributed by atoms with Crippen molar-refractivity contribution in [2.75, 3.05) is 20.3 Å². The van der Waals surface area contributed by atoms with Crippen LogP contribution in [0.2, 0.25) is 0 Å². The molecule has 0 aliphatic carbocycles. The van der Waals surface area contributed by atoms with E-state index in [-0.39, 0.29) is 17.9 Å². The van der Waals surface area contributed by atoms with E-state index in [4.69, 9.17) is 14.2 Å². The number of hydrazone groups is 1. The molecule has 0 bridgehead atoms. The summed E-state index contributed by atoms with van der Waals surface area (Å²) >= 11 is 3.47. The monoisotopic (exact) mass is 524 g/mol. The summed E-state index contributed by atoms with van der Waals surface area (Å²) < 4.78 is 17.3. The lowest BCUT2D eigenvalue weighted by molar-refractivity contribution is -0.123. The number of rotatable bonds is 10. The lowest BCUT2D eigenvalue weighted by atomic mass is 9.78. The van der Waals surface area contributed by atoms with Gasteiger partial charge in [0.05, 0.1) is 24.4 Å². The van der Waals surface area contributed by atoms with Crippen molar-refractivity contribution >= 4 is 28.1 Å². The number of methoxy groups -OCH3 is 1. The molecule has 0 aliphatic rings. The SMILES string of the molecule is CCOc1c(Br)cc(/C=N/NC(=O)COc2ccc(C(C)(C)c3ccccc3)cc2)cc1OC. The second-order valence-corrected chi connectivity index (χ2v) is 8.92. The molecular formula is C27H29BrN2O4. The zero-order valence-electron chi connectivity index (χ0n) is 19.8. The minimum atomic E-state index is -0.359. The summed E-state index contributed by atoms with van der Waals surface area (Å²) in [5, 5.41) is 4.00. The first-order valence-corrected chi connectivity index (χ1v) is 11.8. The van der Waals surface area contributed by atoms with Gasteiger partial charge in [-0.05, 0) is 63.8 Å². The van der Waals surface area contributed by atoms with Crippen molar-refractivity contribution in [2.24, 2.45) is 5.10 Å². The maximum atomic E-state index is 12.1. The van der Waals surface area contributed by atoms with Crippen molar-refractivity contribution in [3.8, 4) is 17.2 Å². The number of amides is 1. The molecule has 1 amide bonds. The number of carbonyl (C=O) groups excluding carboxylic acids is 1. The summed E-state index contributed by atoms with van der Waals surface area (Å²) in [6.07, 6.45) is 1.53. The molecule has 0 aromatic heterocycles. The molecule has 0 heterocycles. The third-order valence-electron chi connectivity index (χ3n) is 5.38.